The Morgan fingerprint density at radius 2 is 1.77 bits per heavy atom. The third kappa shape index (κ3) is 3.67. The van der Waals surface area contributed by atoms with Crippen LogP contribution >= 0.6 is 0 Å². The van der Waals surface area contributed by atoms with E-state index in [1.807, 2.05) is 30.3 Å². The molecule has 0 N–H and O–H groups in total. The number of benzene rings is 2. The summed E-state index contributed by atoms with van der Waals surface area (Å²) in [6.07, 6.45) is 0.801. The number of carbonyl (C=O) groups excluding carboxylic acids is 2. The van der Waals surface area contributed by atoms with Gasteiger partial charge in [0.15, 0.2) is 5.78 Å². The van der Waals surface area contributed by atoms with Gasteiger partial charge in [0.05, 0.1) is 12.0 Å². The second kappa shape index (κ2) is 8.26. The van der Waals surface area contributed by atoms with Crippen molar-refractivity contribution in [3.63, 3.8) is 0 Å². The highest BCUT2D eigenvalue weighted by Gasteiger charge is 2.46. The molecule has 0 saturated carbocycles. The third-order valence-electron chi connectivity index (χ3n) is 6.08. The van der Waals surface area contributed by atoms with Crippen LogP contribution in [0.2, 0.25) is 0 Å². The minimum atomic E-state index is -0.887. The Balaban J connectivity index is 1.88. The van der Waals surface area contributed by atoms with Gasteiger partial charge in [-0.25, -0.2) is 0 Å². The summed E-state index contributed by atoms with van der Waals surface area (Å²) in [5.74, 6) is -2.41. The molecule has 1 aliphatic carbocycles. The highest BCUT2D eigenvalue weighted by Crippen LogP contribution is 2.48. The topological polar surface area (TPSA) is 98.9 Å². The summed E-state index contributed by atoms with van der Waals surface area (Å²) in [6, 6.07) is 16.0. The molecule has 1 aliphatic heterocycles. The van der Waals surface area contributed by atoms with Gasteiger partial charge in [-0.15, -0.1) is 0 Å². The number of ketones is 1. The van der Waals surface area contributed by atoms with Crippen LogP contribution < -0.4 is 0 Å². The van der Waals surface area contributed by atoms with Gasteiger partial charge in [-0.1, -0.05) is 48.5 Å². The lowest BCUT2D eigenvalue weighted by molar-refractivity contribution is -0.385. The van der Waals surface area contributed by atoms with Crippen molar-refractivity contribution in [1.82, 2.24) is 0 Å². The highest BCUT2D eigenvalue weighted by molar-refractivity contribution is 6.09. The van der Waals surface area contributed by atoms with Crippen LogP contribution in [0.3, 0.4) is 0 Å². The van der Waals surface area contributed by atoms with Crippen LogP contribution in [0.5, 0.6) is 0 Å². The van der Waals surface area contributed by atoms with E-state index in [-0.39, 0.29) is 23.8 Å². The van der Waals surface area contributed by atoms with E-state index in [1.165, 1.54) is 13.2 Å². The molecule has 3 atom stereocenters. The molecule has 0 bridgehead atoms. The molecule has 0 fully saturated rings. The minimum Gasteiger partial charge on any atom is -0.468 e. The first-order valence-electron chi connectivity index (χ1n) is 10.1. The maximum Gasteiger partial charge on any atom is 0.315 e. The van der Waals surface area contributed by atoms with Gasteiger partial charge < -0.3 is 4.74 Å². The predicted octanol–water partition coefficient (Wildman–Crippen LogP) is 4.34. The number of allylic oxidation sites excluding steroid dienone is 2. The number of aliphatic imine (C=N–C) groups is 1. The lowest BCUT2D eigenvalue weighted by Gasteiger charge is -2.36. The zero-order valence-corrected chi connectivity index (χ0v) is 17.3. The van der Waals surface area contributed by atoms with Crippen molar-refractivity contribution in [1.29, 1.82) is 0 Å². The maximum atomic E-state index is 13.4. The standard InChI is InChI=1S/C24H22N2O5/c1-14-21(24(28)31-2)22(17-10-6-7-11-19(17)26(29)30)23-18(25-14)12-16(13-20(23)27)15-8-4-3-5-9-15/h3-11,16,21-22H,12-13H2,1-2H3/t16-,21?,22+/m0/s1. The second-order valence-electron chi connectivity index (χ2n) is 7.85. The van der Waals surface area contributed by atoms with Crippen molar-refractivity contribution < 1.29 is 19.2 Å². The summed E-state index contributed by atoms with van der Waals surface area (Å²) < 4.78 is 4.99. The SMILES string of the molecule is COC(=O)C1C(C)=NC2=C(C(=O)C[C@@H](c3ccccc3)C2)[C@@H]1c1ccccc1[N+](=O)[O-]. The summed E-state index contributed by atoms with van der Waals surface area (Å²) in [7, 11) is 1.27. The van der Waals surface area contributed by atoms with Gasteiger partial charge in [-0.2, -0.15) is 0 Å². The van der Waals surface area contributed by atoms with Crippen LogP contribution in [0.25, 0.3) is 0 Å². The number of hydrogen-bond acceptors (Lipinski definition) is 6. The molecule has 2 aromatic rings. The first-order chi connectivity index (χ1) is 14.9. The molecular weight excluding hydrogens is 396 g/mol. The smallest absolute Gasteiger partial charge is 0.315 e. The van der Waals surface area contributed by atoms with Crippen molar-refractivity contribution in [3.05, 3.63) is 87.1 Å². The molecule has 0 amide bonds. The van der Waals surface area contributed by atoms with E-state index in [4.69, 9.17) is 4.74 Å². The van der Waals surface area contributed by atoms with Crippen LogP contribution in [0, 0.1) is 16.0 Å². The molecule has 7 nitrogen and oxygen atoms in total. The van der Waals surface area contributed by atoms with Crippen molar-refractivity contribution in [3.8, 4) is 0 Å². The van der Waals surface area contributed by atoms with E-state index < -0.39 is 22.7 Å². The average molecular weight is 418 g/mol. The van der Waals surface area contributed by atoms with Gasteiger partial charge >= 0.3 is 5.97 Å². The van der Waals surface area contributed by atoms with Gasteiger partial charge in [0, 0.05) is 41.0 Å². The Labute approximate surface area is 179 Å². The fourth-order valence-corrected chi connectivity index (χ4v) is 4.71. The van der Waals surface area contributed by atoms with Crippen molar-refractivity contribution in [2.75, 3.05) is 7.11 Å². The number of carbonyl (C=O) groups is 2. The molecule has 2 aromatic carbocycles. The Morgan fingerprint density at radius 1 is 1.10 bits per heavy atom. The van der Waals surface area contributed by atoms with Crippen LogP contribution in [0.1, 0.15) is 42.7 Å². The number of para-hydroxylation sites is 1. The highest BCUT2D eigenvalue weighted by atomic mass is 16.6. The third-order valence-corrected chi connectivity index (χ3v) is 6.08. The van der Waals surface area contributed by atoms with E-state index in [2.05, 4.69) is 4.99 Å². The summed E-state index contributed by atoms with van der Waals surface area (Å²) in [4.78, 5) is 42.0. The van der Waals surface area contributed by atoms with E-state index >= 15 is 0 Å². The number of esters is 1. The maximum absolute atomic E-state index is 13.4. The van der Waals surface area contributed by atoms with E-state index in [0.717, 1.165) is 5.56 Å². The normalized spacial score (nSPS) is 23.1. The second-order valence-corrected chi connectivity index (χ2v) is 7.85. The zero-order chi connectivity index (χ0) is 22.1. The molecule has 0 saturated heterocycles. The number of rotatable bonds is 4. The Hall–Kier alpha value is -3.61. The lowest BCUT2D eigenvalue weighted by atomic mass is 9.69. The Bertz CT molecular complexity index is 1120. The summed E-state index contributed by atoms with van der Waals surface area (Å²) in [5, 5.41) is 11.7. The molecule has 4 rings (SSSR count). The van der Waals surface area contributed by atoms with Gasteiger partial charge in [0.1, 0.15) is 5.92 Å². The van der Waals surface area contributed by atoms with Gasteiger partial charge in [0.2, 0.25) is 0 Å². The number of nitro benzene ring substituents is 1. The van der Waals surface area contributed by atoms with E-state index in [1.54, 1.807) is 25.1 Å². The average Bonchev–Trinajstić information content (AvgIpc) is 2.78. The van der Waals surface area contributed by atoms with Crippen molar-refractivity contribution >= 4 is 23.2 Å². The molecule has 0 spiro atoms. The van der Waals surface area contributed by atoms with E-state index in [0.29, 0.717) is 29.0 Å². The van der Waals surface area contributed by atoms with Gasteiger partial charge in [-0.3, -0.25) is 24.7 Å². The monoisotopic (exact) mass is 418 g/mol. The van der Waals surface area contributed by atoms with Crippen LogP contribution in [0.4, 0.5) is 5.69 Å². The van der Waals surface area contributed by atoms with Crippen LogP contribution in [-0.4, -0.2) is 29.5 Å². The number of methoxy groups -OCH3 is 1. The zero-order valence-electron chi connectivity index (χ0n) is 17.3. The fraction of sp³-hybridized carbons (Fsp3) is 0.292. The van der Waals surface area contributed by atoms with E-state index in [9.17, 15) is 19.7 Å². The molecular formula is C24H22N2O5. The Morgan fingerprint density at radius 3 is 2.45 bits per heavy atom. The number of ether oxygens (including phenoxy) is 1. The minimum absolute atomic E-state index is 0.0231. The van der Waals surface area contributed by atoms with Gasteiger partial charge in [0.25, 0.3) is 5.69 Å². The molecule has 7 heteroatoms. The summed E-state index contributed by atoms with van der Waals surface area (Å²) in [5.41, 5.74) is 2.74. The largest absolute Gasteiger partial charge is 0.468 e. The molecule has 1 heterocycles. The number of Topliss-reactive ketones (excluding diaryl/α,β-unsaturated/α-hetero) is 1. The first-order valence-corrected chi connectivity index (χ1v) is 10.1. The van der Waals surface area contributed by atoms with Crippen LogP contribution in [0.15, 0.2) is 70.9 Å². The predicted molar refractivity (Wildman–Crippen MR) is 115 cm³/mol. The first kappa shape index (κ1) is 20.7. The molecule has 0 aromatic heterocycles. The van der Waals surface area contributed by atoms with Gasteiger partial charge in [-0.05, 0) is 24.8 Å². The molecule has 158 valence electrons. The molecule has 1 unspecified atom stereocenters. The van der Waals surface area contributed by atoms with Crippen molar-refractivity contribution in [2.45, 2.75) is 31.6 Å². The number of nitrogens with zero attached hydrogens (tertiary/aromatic N) is 2. The number of nitro groups is 1. The van der Waals surface area contributed by atoms with Crippen LogP contribution in [-0.2, 0) is 14.3 Å². The fourth-order valence-electron chi connectivity index (χ4n) is 4.71. The quantitative estimate of drug-likeness (QED) is 0.418. The Kier molecular flexibility index (Phi) is 5.50. The number of hydrogen-bond donors (Lipinski definition) is 0. The molecule has 31 heavy (non-hydrogen) atoms. The summed E-state index contributed by atoms with van der Waals surface area (Å²) in [6.45, 7) is 1.71. The molecule has 0 radical (unpaired) electrons. The van der Waals surface area contributed by atoms with Crippen molar-refractivity contribution in [2.24, 2.45) is 10.9 Å². The summed E-state index contributed by atoms with van der Waals surface area (Å²) >= 11 is 0. The molecule has 2 aliphatic rings. The lowest BCUT2D eigenvalue weighted by Crippen LogP contribution is -2.38.